The average Bonchev–Trinajstić information content (AvgIpc) is 2.56. The Bertz CT molecular complexity index is 765. The van der Waals surface area contributed by atoms with Crippen LogP contribution in [-0.2, 0) is 6.42 Å². The van der Waals surface area contributed by atoms with Crippen LogP contribution < -0.4 is 0 Å². The third-order valence-corrected chi connectivity index (χ3v) is 3.38. The third kappa shape index (κ3) is 3.58. The molecule has 3 aromatic rings. The molecule has 0 aliphatic rings. The molecule has 0 unspecified atom stereocenters. The second kappa shape index (κ2) is 6.68. The maximum atomic E-state index is 9.70. The summed E-state index contributed by atoms with van der Waals surface area (Å²) in [6.07, 6.45) is 6.17. The van der Waals surface area contributed by atoms with Gasteiger partial charge < -0.3 is 5.11 Å². The molecule has 3 heteroatoms. The van der Waals surface area contributed by atoms with E-state index in [2.05, 4.69) is 22.1 Å². The summed E-state index contributed by atoms with van der Waals surface area (Å²) in [5, 5.41) is 9.70. The highest BCUT2D eigenvalue weighted by atomic mass is 16.3. The predicted octanol–water partition coefficient (Wildman–Crippen LogP) is 4.13. The monoisotopic (exact) mass is 288 g/mol. The van der Waals surface area contributed by atoms with Crippen molar-refractivity contribution in [1.82, 2.24) is 4.98 Å². The number of phenolic OH excluding ortho intramolecular Hbond substituents is 1. The van der Waals surface area contributed by atoms with E-state index >= 15 is 0 Å². The van der Waals surface area contributed by atoms with Crippen LogP contribution in [0.4, 0.5) is 5.69 Å². The van der Waals surface area contributed by atoms with Gasteiger partial charge in [0, 0.05) is 24.2 Å². The summed E-state index contributed by atoms with van der Waals surface area (Å²) in [5.74, 6) is 0.237. The molecule has 0 saturated carbocycles. The number of aromatic nitrogens is 1. The third-order valence-electron chi connectivity index (χ3n) is 3.38. The lowest BCUT2D eigenvalue weighted by molar-refractivity contribution is 0.474. The van der Waals surface area contributed by atoms with Crippen molar-refractivity contribution in [3.63, 3.8) is 0 Å². The fraction of sp³-hybridized carbons (Fsp3) is 0.0526. The van der Waals surface area contributed by atoms with Gasteiger partial charge in [-0.15, -0.1) is 0 Å². The largest absolute Gasteiger partial charge is 0.507 e. The summed E-state index contributed by atoms with van der Waals surface area (Å²) in [6, 6.07) is 19.3. The van der Waals surface area contributed by atoms with Crippen molar-refractivity contribution >= 4 is 11.9 Å². The van der Waals surface area contributed by atoms with Crippen molar-refractivity contribution in [2.45, 2.75) is 6.42 Å². The number of pyridine rings is 1. The second-order valence-corrected chi connectivity index (χ2v) is 5.02. The molecule has 0 atom stereocenters. The second-order valence-electron chi connectivity index (χ2n) is 5.02. The zero-order chi connectivity index (χ0) is 15.2. The van der Waals surface area contributed by atoms with E-state index in [0.717, 1.165) is 12.1 Å². The van der Waals surface area contributed by atoms with Crippen molar-refractivity contribution in [3.8, 4) is 5.75 Å². The van der Waals surface area contributed by atoms with Crippen LogP contribution in [0.2, 0.25) is 0 Å². The number of hydrogen-bond acceptors (Lipinski definition) is 3. The van der Waals surface area contributed by atoms with Crippen LogP contribution in [0, 0.1) is 0 Å². The minimum absolute atomic E-state index is 0.237. The Labute approximate surface area is 129 Å². The van der Waals surface area contributed by atoms with Crippen LogP contribution in [0.5, 0.6) is 5.75 Å². The molecule has 1 heterocycles. The first-order valence-electron chi connectivity index (χ1n) is 7.11. The van der Waals surface area contributed by atoms with Gasteiger partial charge in [-0.3, -0.25) is 9.98 Å². The fourth-order valence-electron chi connectivity index (χ4n) is 2.18. The van der Waals surface area contributed by atoms with Gasteiger partial charge in [0.2, 0.25) is 0 Å². The highest BCUT2D eigenvalue weighted by Gasteiger charge is 1.98. The van der Waals surface area contributed by atoms with Crippen LogP contribution >= 0.6 is 0 Å². The van der Waals surface area contributed by atoms with Gasteiger partial charge in [0.1, 0.15) is 5.75 Å². The Balaban J connectivity index is 1.71. The number of para-hydroxylation sites is 1. The van der Waals surface area contributed by atoms with E-state index in [1.54, 1.807) is 30.7 Å². The van der Waals surface area contributed by atoms with E-state index in [-0.39, 0.29) is 5.75 Å². The smallest absolute Gasteiger partial charge is 0.124 e. The number of rotatable bonds is 4. The molecule has 0 bridgehead atoms. The van der Waals surface area contributed by atoms with Crippen LogP contribution in [0.3, 0.4) is 0 Å². The zero-order valence-corrected chi connectivity index (χ0v) is 12.1. The SMILES string of the molecule is Oc1ccccc1C=Nc1ccc(Cc2ccncc2)cc1. The molecule has 0 spiro atoms. The van der Waals surface area contributed by atoms with Gasteiger partial charge in [0.15, 0.2) is 0 Å². The number of benzene rings is 2. The molecular formula is C19H16N2O. The number of aromatic hydroxyl groups is 1. The normalized spacial score (nSPS) is 10.9. The first-order valence-corrected chi connectivity index (χ1v) is 7.11. The molecule has 22 heavy (non-hydrogen) atoms. The molecule has 0 aliphatic carbocycles. The molecule has 1 N–H and O–H groups in total. The number of hydrogen-bond donors (Lipinski definition) is 1. The van der Waals surface area contributed by atoms with Crippen LogP contribution in [0.25, 0.3) is 0 Å². The standard InChI is InChI=1S/C19H16N2O/c22-19-4-2-1-3-17(19)14-21-18-7-5-15(6-8-18)13-16-9-11-20-12-10-16/h1-12,14,22H,13H2. The molecule has 0 saturated heterocycles. The lowest BCUT2D eigenvalue weighted by atomic mass is 10.1. The molecule has 3 nitrogen and oxygen atoms in total. The Morgan fingerprint density at radius 2 is 1.55 bits per heavy atom. The van der Waals surface area contributed by atoms with E-state index in [1.807, 2.05) is 36.4 Å². The van der Waals surface area contributed by atoms with Crippen LogP contribution in [-0.4, -0.2) is 16.3 Å². The van der Waals surface area contributed by atoms with Gasteiger partial charge in [-0.1, -0.05) is 24.3 Å². The molecule has 108 valence electrons. The maximum Gasteiger partial charge on any atom is 0.124 e. The molecule has 0 aliphatic heterocycles. The maximum absolute atomic E-state index is 9.70. The van der Waals surface area contributed by atoms with Crippen molar-refractivity contribution < 1.29 is 5.11 Å². The molecule has 3 rings (SSSR count). The highest BCUT2D eigenvalue weighted by Crippen LogP contribution is 2.18. The molecule has 0 fully saturated rings. The van der Waals surface area contributed by atoms with Gasteiger partial charge in [-0.05, 0) is 53.9 Å². The summed E-state index contributed by atoms with van der Waals surface area (Å²) in [6.45, 7) is 0. The van der Waals surface area contributed by atoms with Gasteiger partial charge in [0.25, 0.3) is 0 Å². The van der Waals surface area contributed by atoms with Gasteiger partial charge in [-0.2, -0.15) is 0 Å². The van der Waals surface area contributed by atoms with Gasteiger partial charge >= 0.3 is 0 Å². The van der Waals surface area contributed by atoms with E-state index in [4.69, 9.17) is 0 Å². The molecule has 2 aromatic carbocycles. The summed E-state index contributed by atoms with van der Waals surface area (Å²) >= 11 is 0. The number of aliphatic imine (C=N–C) groups is 1. The molecule has 0 amide bonds. The Kier molecular flexibility index (Phi) is 4.25. The summed E-state index contributed by atoms with van der Waals surface area (Å²) < 4.78 is 0. The van der Waals surface area contributed by atoms with Crippen molar-refractivity contribution in [2.75, 3.05) is 0 Å². The lowest BCUT2D eigenvalue weighted by Gasteiger charge is -2.02. The van der Waals surface area contributed by atoms with E-state index < -0.39 is 0 Å². The van der Waals surface area contributed by atoms with Crippen LogP contribution in [0.15, 0.2) is 78.0 Å². The van der Waals surface area contributed by atoms with Crippen molar-refractivity contribution in [3.05, 3.63) is 89.7 Å². The minimum atomic E-state index is 0.237. The number of phenols is 1. The average molecular weight is 288 g/mol. The van der Waals surface area contributed by atoms with E-state index in [1.165, 1.54) is 11.1 Å². The zero-order valence-electron chi connectivity index (χ0n) is 12.1. The summed E-state index contributed by atoms with van der Waals surface area (Å²) in [7, 11) is 0. The topological polar surface area (TPSA) is 45.5 Å². The lowest BCUT2D eigenvalue weighted by Crippen LogP contribution is -1.87. The van der Waals surface area contributed by atoms with Crippen LogP contribution in [0.1, 0.15) is 16.7 Å². The number of nitrogens with zero attached hydrogens (tertiary/aromatic N) is 2. The Morgan fingerprint density at radius 3 is 2.27 bits per heavy atom. The van der Waals surface area contributed by atoms with Gasteiger partial charge in [0.05, 0.1) is 5.69 Å². The first kappa shape index (κ1) is 14.0. The molecule has 0 radical (unpaired) electrons. The van der Waals surface area contributed by atoms with Gasteiger partial charge in [-0.25, -0.2) is 0 Å². The van der Waals surface area contributed by atoms with Crippen molar-refractivity contribution in [1.29, 1.82) is 0 Å². The summed E-state index contributed by atoms with van der Waals surface area (Å²) in [4.78, 5) is 8.41. The minimum Gasteiger partial charge on any atom is -0.507 e. The van der Waals surface area contributed by atoms with E-state index in [0.29, 0.717) is 5.56 Å². The summed E-state index contributed by atoms with van der Waals surface area (Å²) in [5.41, 5.74) is 4.04. The Morgan fingerprint density at radius 1 is 0.864 bits per heavy atom. The van der Waals surface area contributed by atoms with Crippen molar-refractivity contribution in [2.24, 2.45) is 4.99 Å². The predicted molar refractivity (Wildman–Crippen MR) is 88.8 cm³/mol. The highest BCUT2D eigenvalue weighted by molar-refractivity contribution is 5.85. The fourth-order valence-corrected chi connectivity index (χ4v) is 2.18. The Hall–Kier alpha value is -2.94. The molecule has 1 aromatic heterocycles. The first-order chi connectivity index (χ1) is 10.8. The quantitative estimate of drug-likeness (QED) is 0.734. The molecular weight excluding hydrogens is 272 g/mol. The van der Waals surface area contributed by atoms with E-state index in [9.17, 15) is 5.11 Å².